The Labute approximate surface area is 154 Å². The smallest absolute Gasteiger partial charge is 0.141 e. The van der Waals surface area contributed by atoms with Gasteiger partial charge in [-0.1, -0.05) is 25.5 Å². The summed E-state index contributed by atoms with van der Waals surface area (Å²) in [4.78, 5) is 0. The molecule has 0 aromatic heterocycles. The maximum Gasteiger partial charge on any atom is 0.141 e. The standard InChI is InChI=1S/C23H25F2N/c1-2-3-4-16-5-8-18(22(24)12-16)9-6-17-7-10-19-13-21(15-26)23(25)14-20(19)11-17/h5,8,12-14,17H,2-4,6-7,9-11H2,1H3. The van der Waals surface area contributed by atoms with Gasteiger partial charge in [0.25, 0.3) is 0 Å². The van der Waals surface area contributed by atoms with Gasteiger partial charge in [-0.2, -0.15) is 5.26 Å². The molecular formula is C23H25F2N. The van der Waals surface area contributed by atoms with Crippen molar-refractivity contribution >= 4 is 0 Å². The molecular weight excluding hydrogens is 328 g/mol. The third kappa shape index (κ3) is 4.30. The molecule has 0 fully saturated rings. The number of rotatable bonds is 6. The Hall–Kier alpha value is -2.21. The van der Waals surface area contributed by atoms with E-state index in [-0.39, 0.29) is 11.4 Å². The molecule has 0 amide bonds. The van der Waals surface area contributed by atoms with Gasteiger partial charge in [-0.05, 0) is 91.3 Å². The third-order valence-corrected chi connectivity index (χ3v) is 5.50. The second-order valence-corrected chi connectivity index (χ2v) is 7.39. The predicted molar refractivity (Wildman–Crippen MR) is 100.0 cm³/mol. The first-order valence-corrected chi connectivity index (χ1v) is 9.59. The van der Waals surface area contributed by atoms with Crippen molar-refractivity contribution in [1.29, 1.82) is 5.26 Å². The lowest BCUT2D eigenvalue weighted by atomic mass is 9.80. The third-order valence-electron chi connectivity index (χ3n) is 5.50. The summed E-state index contributed by atoms with van der Waals surface area (Å²) in [5, 5.41) is 8.95. The number of aryl methyl sites for hydroxylation is 3. The Morgan fingerprint density at radius 2 is 1.92 bits per heavy atom. The Kier molecular flexibility index (Phi) is 6.04. The Bertz CT molecular complexity index is 820. The van der Waals surface area contributed by atoms with Crippen molar-refractivity contribution in [3.8, 4) is 6.07 Å². The maximum atomic E-state index is 14.3. The number of hydrogen-bond acceptors (Lipinski definition) is 1. The quantitative estimate of drug-likeness (QED) is 0.632. The Balaban J connectivity index is 1.61. The van der Waals surface area contributed by atoms with Crippen LogP contribution >= 0.6 is 0 Å². The number of benzene rings is 2. The zero-order valence-corrected chi connectivity index (χ0v) is 15.3. The van der Waals surface area contributed by atoms with Crippen molar-refractivity contribution in [1.82, 2.24) is 0 Å². The van der Waals surface area contributed by atoms with E-state index in [0.717, 1.165) is 73.6 Å². The van der Waals surface area contributed by atoms with Gasteiger partial charge < -0.3 is 0 Å². The lowest BCUT2D eigenvalue weighted by Gasteiger charge is -2.25. The molecule has 0 bridgehead atoms. The van der Waals surface area contributed by atoms with Crippen LogP contribution in [0.15, 0.2) is 30.3 Å². The summed E-state index contributed by atoms with van der Waals surface area (Å²) in [6.07, 6.45) is 7.46. The monoisotopic (exact) mass is 353 g/mol. The molecule has 3 rings (SSSR count). The summed E-state index contributed by atoms with van der Waals surface area (Å²) in [6.45, 7) is 2.14. The Morgan fingerprint density at radius 3 is 2.65 bits per heavy atom. The second kappa shape index (κ2) is 8.45. The van der Waals surface area contributed by atoms with Crippen LogP contribution in [0.25, 0.3) is 0 Å². The molecule has 1 nitrogen and oxygen atoms in total. The van der Waals surface area contributed by atoms with E-state index in [0.29, 0.717) is 5.92 Å². The maximum absolute atomic E-state index is 14.3. The number of halogens is 2. The predicted octanol–water partition coefficient (Wildman–Crippen LogP) is 5.92. The van der Waals surface area contributed by atoms with Crippen LogP contribution in [0.4, 0.5) is 8.78 Å². The van der Waals surface area contributed by atoms with E-state index in [1.807, 2.05) is 18.2 Å². The number of unbranched alkanes of at least 4 members (excludes halogenated alkanes) is 1. The first-order chi connectivity index (χ1) is 12.6. The molecule has 3 heteroatoms. The van der Waals surface area contributed by atoms with Gasteiger partial charge in [0.2, 0.25) is 0 Å². The largest absolute Gasteiger partial charge is 0.207 e. The molecule has 0 N–H and O–H groups in total. The van der Waals surface area contributed by atoms with Gasteiger partial charge in [0, 0.05) is 0 Å². The van der Waals surface area contributed by atoms with E-state index in [4.69, 9.17) is 5.26 Å². The number of nitriles is 1. The highest BCUT2D eigenvalue weighted by Gasteiger charge is 2.21. The van der Waals surface area contributed by atoms with Crippen molar-refractivity contribution in [3.05, 3.63) is 69.8 Å². The first-order valence-electron chi connectivity index (χ1n) is 9.59. The van der Waals surface area contributed by atoms with Gasteiger partial charge in [0.05, 0.1) is 5.56 Å². The molecule has 0 spiro atoms. The normalized spacial score (nSPS) is 16.2. The number of fused-ring (bicyclic) bond motifs is 1. The molecule has 0 saturated heterocycles. The average molecular weight is 353 g/mol. The minimum Gasteiger partial charge on any atom is -0.207 e. The molecule has 0 aliphatic heterocycles. The SMILES string of the molecule is CCCCc1ccc(CCC2CCc3cc(C#N)c(F)cc3C2)c(F)c1. The molecule has 2 aromatic rings. The zero-order valence-electron chi connectivity index (χ0n) is 15.3. The highest BCUT2D eigenvalue weighted by molar-refractivity contribution is 5.41. The van der Waals surface area contributed by atoms with Crippen molar-refractivity contribution in [2.75, 3.05) is 0 Å². The van der Waals surface area contributed by atoms with Gasteiger partial charge in [-0.15, -0.1) is 0 Å². The molecule has 1 unspecified atom stereocenters. The van der Waals surface area contributed by atoms with Crippen molar-refractivity contribution in [2.24, 2.45) is 5.92 Å². The van der Waals surface area contributed by atoms with Crippen LogP contribution in [-0.2, 0) is 25.7 Å². The van der Waals surface area contributed by atoms with Crippen molar-refractivity contribution in [2.45, 2.75) is 58.3 Å². The Morgan fingerprint density at radius 1 is 1.08 bits per heavy atom. The fourth-order valence-electron chi connectivity index (χ4n) is 3.88. The van der Waals surface area contributed by atoms with Crippen LogP contribution in [0.2, 0.25) is 0 Å². The molecule has 1 aliphatic rings. The minimum absolute atomic E-state index is 0.0977. The number of nitrogens with zero attached hydrogens (tertiary/aromatic N) is 1. The molecule has 136 valence electrons. The van der Waals surface area contributed by atoms with Crippen molar-refractivity contribution in [3.63, 3.8) is 0 Å². The summed E-state index contributed by atoms with van der Waals surface area (Å²) < 4.78 is 28.2. The van der Waals surface area contributed by atoms with E-state index in [1.165, 1.54) is 6.07 Å². The summed E-state index contributed by atoms with van der Waals surface area (Å²) in [5.41, 5.74) is 4.08. The summed E-state index contributed by atoms with van der Waals surface area (Å²) in [7, 11) is 0. The molecule has 0 saturated carbocycles. The first kappa shape index (κ1) is 18.6. The second-order valence-electron chi connectivity index (χ2n) is 7.39. The zero-order chi connectivity index (χ0) is 18.5. The topological polar surface area (TPSA) is 23.8 Å². The van der Waals surface area contributed by atoms with Crippen LogP contribution in [0, 0.1) is 28.9 Å². The average Bonchev–Trinajstić information content (AvgIpc) is 2.64. The minimum atomic E-state index is -0.430. The molecule has 0 heterocycles. The van der Waals surface area contributed by atoms with E-state index in [2.05, 4.69) is 6.92 Å². The van der Waals surface area contributed by atoms with Crippen LogP contribution in [-0.4, -0.2) is 0 Å². The molecule has 0 radical (unpaired) electrons. The van der Waals surface area contributed by atoms with Crippen LogP contribution in [0.3, 0.4) is 0 Å². The lowest BCUT2D eigenvalue weighted by molar-refractivity contribution is 0.422. The molecule has 1 aliphatic carbocycles. The summed E-state index contributed by atoms with van der Waals surface area (Å²) in [5.74, 6) is -0.0888. The van der Waals surface area contributed by atoms with Crippen LogP contribution in [0.1, 0.15) is 60.4 Å². The fraction of sp³-hybridized carbons (Fsp3) is 0.435. The van der Waals surface area contributed by atoms with Gasteiger partial charge in [0.1, 0.15) is 17.7 Å². The van der Waals surface area contributed by atoms with Crippen LogP contribution < -0.4 is 0 Å². The van der Waals surface area contributed by atoms with Gasteiger partial charge >= 0.3 is 0 Å². The van der Waals surface area contributed by atoms with Crippen molar-refractivity contribution < 1.29 is 8.78 Å². The highest BCUT2D eigenvalue weighted by Crippen LogP contribution is 2.30. The summed E-state index contributed by atoms with van der Waals surface area (Å²) in [6, 6.07) is 10.8. The van der Waals surface area contributed by atoms with E-state index in [1.54, 1.807) is 12.1 Å². The number of hydrogen-bond donors (Lipinski definition) is 0. The van der Waals surface area contributed by atoms with Crippen LogP contribution in [0.5, 0.6) is 0 Å². The lowest BCUT2D eigenvalue weighted by Crippen LogP contribution is -2.16. The van der Waals surface area contributed by atoms with E-state index in [9.17, 15) is 8.78 Å². The molecule has 1 atom stereocenters. The van der Waals surface area contributed by atoms with Gasteiger partial charge in [-0.3, -0.25) is 0 Å². The summed E-state index contributed by atoms with van der Waals surface area (Å²) >= 11 is 0. The van der Waals surface area contributed by atoms with Gasteiger partial charge in [0.15, 0.2) is 0 Å². The highest BCUT2D eigenvalue weighted by atomic mass is 19.1. The van der Waals surface area contributed by atoms with E-state index >= 15 is 0 Å². The van der Waals surface area contributed by atoms with E-state index < -0.39 is 5.82 Å². The fourth-order valence-corrected chi connectivity index (χ4v) is 3.88. The van der Waals surface area contributed by atoms with Gasteiger partial charge in [-0.25, -0.2) is 8.78 Å². The molecule has 26 heavy (non-hydrogen) atoms. The molecule has 2 aromatic carbocycles.